The first-order valence-corrected chi connectivity index (χ1v) is 8.46. The van der Waals surface area contributed by atoms with E-state index in [1.54, 1.807) is 30.5 Å². The molecule has 2 N–H and O–H groups in total. The van der Waals surface area contributed by atoms with Gasteiger partial charge in [-0.1, -0.05) is 38.1 Å². The van der Waals surface area contributed by atoms with Crippen LogP contribution in [-0.4, -0.2) is 14.8 Å². The maximum Gasteiger partial charge on any atom is 0.524 e. The number of phosphoric acid groups is 1. The lowest BCUT2D eigenvalue weighted by Crippen LogP contribution is -2.00. The summed E-state index contributed by atoms with van der Waals surface area (Å²) in [5.74, 6) is -0.316. The van der Waals surface area contributed by atoms with Gasteiger partial charge in [0.15, 0.2) is 5.75 Å². The highest BCUT2D eigenvalue weighted by Gasteiger charge is 2.20. The molecule has 0 atom stereocenters. The second-order valence-corrected chi connectivity index (χ2v) is 6.44. The molecule has 1 aromatic carbocycles. The maximum atomic E-state index is 12.9. The van der Waals surface area contributed by atoms with E-state index in [0.29, 0.717) is 11.3 Å². The molecule has 1 aromatic heterocycles. The van der Waals surface area contributed by atoms with E-state index in [1.807, 2.05) is 13.8 Å². The first-order valence-electron chi connectivity index (χ1n) is 6.93. The third kappa shape index (κ3) is 5.28. The average molecular weight is 337 g/mol. The molecule has 1 heterocycles. The zero-order chi connectivity index (χ0) is 17.0. The van der Waals surface area contributed by atoms with Crippen LogP contribution in [0.4, 0.5) is 4.39 Å². The van der Waals surface area contributed by atoms with Crippen molar-refractivity contribution in [3.8, 4) is 5.75 Å². The van der Waals surface area contributed by atoms with Gasteiger partial charge in [-0.05, 0) is 35.2 Å². The lowest BCUT2D eigenvalue weighted by atomic mass is 10.1. The molecule has 0 bridgehead atoms. The predicted octanol–water partition coefficient (Wildman–Crippen LogP) is 3.99. The summed E-state index contributed by atoms with van der Waals surface area (Å²) in [6, 6.07) is 7.45. The molecule has 122 valence electrons. The standard InChI is InChI=1S/C16H17FNO4P/c1-11(2)16-15(22-23(19,20)21)9-13(10-18-16)4-3-12-5-7-14(17)8-6-12/h3-11H,1-2H3,(H2,19,20,21)/b4-3+. The van der Waals surface area contributed by atoms with Crippen LogP contribution in [0.2, 0.25) is 0 Å². The molecule has 0 radical (unpaired) electrons. The molecule has 0 fully saturated rings. The number of aromatic nitrogens is 1. The lowest BCUT2D eigenvalue weighted by molar-refractivity contribution is 0.281. The van der Waals surface area contributed by atoms with Crippen LogP contribution in [0.15, 0.2) is 36.5 Å². The van der Waals surface area contributed by atoms with Crippen molar-refractivity contribution in [2.75, 3.05) is 0 Å². The van der Waals surface area contributed by atoms with Crippen LogP contribution in [0.25, 0.3) is 12.2 Å². The fraction of sp³-hybridized carbons (Fsp3) is 0.188. The molecule has 0 aliphatic rings. The molecule has 2 aromatic rings. The second kappa shape index (κ2) is 7.04. The lowest BCUT2D eigenvalue weighted by Gasteiger charge is -2.13. The van der Waals surface area contributed by atoms with Gasteiger partial charge in [0.25, 0.3) is 0 Å². The first-order chi connectivity index (χ1) is 10.7. The third-order valence-corrected chi connectivity index (χ3v) is 3.44. The molecule has 0 amide bonds. The zero-order valence-electron chi connectivity index (χ0n) is 12.7. The zero-order valence-corrected chi connectivity index (χ0v) is 13.6. The summed E-state index contributed by atoms with van der Waals surface area (Å²) < 4.78 is 28.7. The number of rotatable bonds is 5. The van der Waals surface area contributed by atoms with E-state index < -0.39 is 7.82 Å². The van der Waals surface area contributed by atoms with Crippen LogP contribution >= 0.6 is 7.82 Å². The molecular weight excluding hydrogens is 320 g/mol. The molecule has 2 rings (SSSR count). The van der Waals surface area contributed by atoms with Crippen molar-refractivity contribution in [2.24, 2.45) is 0 Å². The van der Waals surface area contributed by atoms with E-state index in [-0.39, 0.29) is 17.5 Å². The number of halogens is 1. The third-order valence-electron chi connectivity index (χ3n) is 3.01. The molecule has 0 spiro atoms. The van der Waals surface area contributed by atoms with Gasteiger partial charge in [0.05, 0.1) is 5.69 Å². The number of benzene rings is 1. The maximum absolute atomic E-state index is 12.9. The van der Waals surface area contributed by atoms with Gasteiger partial charge in [-0.2, -0.15) is 0 Å². The van der Waals surface area contributed by atoms with Gasteiger partial charge in [0, 0.05) is 6.20 Å². The minimum atomic E-state index is -4.66. The van der Waals surface area contributed by atoms with Crippen molar-refractivity contribution in [1.82, 2.24) is 4.98 Å². The highest BCUT2D eigenvalue weighted by atomic mass is 31.2. The quantitative estimate of drug-likeness (QED) is 0.807. The summed E-state index contributed by atoms with van der Waals surface area (Å²) in [5.41, 5.74) is 1.87. The normalized spacial score (nSPS) is 12.1. The molecule has 0 saturated carbocycles. The van der Waals surface area contributed by atoms with Gasteiger partial charge < -0.3 is 4.52 Å². The van der Waals surface area contributed by atoms with Crippen molar-refractivity contribution < 1.29 is 23.3 Å². The van der Waals surface area contributed by atoms with Crippen molar-refractivity contribution in [3.05, 3.63) is 59.2 Å². The Morgan fingerprint density at radius 2 is 1.78 bits per heavy atom. The topological polar surface area (TPSA) is 79.7 Å². The smallest absolute Gasteiger partial charge is 0.402 e. The molecular formula is C16H17FNO4P. The highest BCUT2D eigenvalue weighted by Crippen LogP contribution is 2.40. The van der Waals surface area contributed by atoms with E-state index in [0.717, 1.165) is 5.56 Å². The van der Waals surface area contributed by atoms with Crippen molar-refractivity contribution in [3.63, 3.8) is 0 Å². The van der Waals surface area contributed by atoms with Crippen LogP contribution in [0.5, 0.6) is 5.75 Å². The molecule has 0 saturated heterocycles. The number of pyridine rings is 1. The fourth-order valence-electron chi connectivity index (χ4n) is 1.96. The van der Waals surface area contributed by atoms with Gasteiger partial charge in [0.2, 0.25) is 0 Å². The van der Waals surface area contributed by atoms with Crippen molar-refractivity contribution in [1.29, 1.82) is 0 Å². The monoisotopic (exact) mass is 337 g/mol. The minimum absolute atomic E-state index is 0.0494. The summed E-state index contributed by atoms with van der Waals surface area (Å²) in [5, 5.41) is 0. The molecule has 5 nitrogen and oxygen atoms in total. The van der Waals surface area contributed by atoms with Crippen molar-refractivity contribution >= 4 is 20.0 Å². The molecule has 7 heteroatoms. The molecule has 0 aliphatic carbocycles. The molecule has 23 heavy (non-hydrogen) atoms. The van der Waals surface area contributed by atoms with Crippen LogP contribution in [0.1, 0.15) is 36.6 Å². The fourth-order valence-corrected chi connectivity index (χ4v) is 2.37. The first kappa shape index (κ1) is 17.3. The Morgan fingerprint density at radius 1 is 1.17 bits per heavy atom. The number of nitrogens with zero attached hydrogens (tertiary/aromatic N) is 1. The SMILES string of the molecule is CC(C)c1ncc(/C=C/c2ccc(F)cc2)cc1OP(=O)(O)O. The summed E-state index contributed by atoms with van der Waals surface area (Å²) in [4.78, 5) is 22.2. The van der Waals surface area contributed by atoms with Crippen LogP contribution in [0, 0.1) is 5.82 Å². The van der Waals surface area contributed by atoms with Crippen LogP contribution < -0.4 is 4.52 Å². The van der Waals surface area contributed by atoms with Crippen LogP contribution in [0.3, 0.4) is 0 Å². The van der Waals surface area contributed by atoms with E-state index in [1.165, 1.54) is 18.2 Å². The Balaban J connectivity index is 2.31. The van der Waals surface area contributed by atoms with Gasteiger partial charge in [-0.25, -0.2) is 8.96 Å². The van der Waals surface area contributed by atoms with E-state index in [9.17, 15) is 8.96 Å². The molecule has 0 aliphatic heterocycles. The van der Waals surface area contributed by atoms with Gasteiger partial charge in [0.1, 0.15) is 5.82 Å². The Morgan fingerprint density at radius 3 is 2.35 bits per heavy atom. The van der Waals surface area contributed by atoms with E-state index in [2.05, 4.69) is 4.98 Å². The van der Waals surface area contributed by atoms with Crippen molar-refractivity contribution in [2.45, 2.75) is 19.8 Å². The summed E-state index contributed by atoms with van der Waals surface area (Å²) >= 11 is 0. The highest BCUT2D eigenvalue weighted by molar-refractivity contribution is 7.46. The predicted molar refractivity (Wildman–Crippen MR) is 86.3 cm³/mol. The molecule has 0 unspecified atom stereocenters. The number of hydrogen-bond donors (Lipinski definition) is 2. The second-order valence-electron chi connectivity index (χ2n) is 5.27. The minimum Gasteiger partial charge on any atom is -0.402 e. The van der Waals surface area contributed by atoms with Gasteiger partial charge in [-0.15, -0.1) is 0 Å². The number of hydrogen-bond acceptors (Lipinski definition) is 3. The summed E-state index contributed by atoms with van der Waals surface area (Å²) in [6.07, 6.45) is 5.03. The Labute approximate surface area is 133 Å². The van der Waals surface area contributed by atoms with E-state index >= 15 is 0 Å². The summed E-state index contributed by atoms with van der Waals surface area (Å²) in [7, 11) is -4.66. The summed E-state index contributed by atoms with van der Waals surface area (Å²) in [6.45, 7) is 3.70. The van der Waals surface area contributed by atoms with Gasteiger partial charge in [-0.3, -0.25) is 14.8 Å². The Bertz CT molecular complexity index is 753. The Hall–Kier alpha value is -2.01. The van der Waals surface area contributed by atoms with E-state index in [4.69, 9.17) is 14.3 Å². The largest absolute Gasteiger partial charge is 0.524 e. The van der Waals surface area contributed by atoms with Gasteiger partial charge >= 0.3 is 7.82 Å². The Kier molecular flexibility index (Phi) is 5.31. The van der Waals surface area contributed by atoms with Crippen LogP contribution in [-0.2, 0) is 4.57 Å². The number of phosphoric ester groups is 1. The average Bonchev–Trinajstić information content (AvgIpc) is 2.45.